The third kappa shape index (κ3) is 4.81. The Morgan fingerprint density at radius 1 is 1.21 bits per heavy atom. The molecule has 0 aliphatic carbocycles. The molecule has 146 valence electrons. The van der Waals surface area contributed by atoms with Gasteiger partial charge in [-0.3, -0.25) is 4.98 Å². The van der Waals surface area contributed by atoms with Crippen molar-refractivity contribution < 1.29 is 18.6 Å². The number of hydrogen-bond donors (Lipinski definition) is 1. The highest BCUT2D eigenvalue weighted by atomic mass is 19.1. The van der Waals surface area contributed by atoms with Crippen LogP contribution < -0.4 is 10.1 Å². The van der Waals surface area contributed by atoms with Gasteiger partial charge in [-0.2, -0.15) is 0 Å². The van der Waals surface area contributed by atoms with Crippen molar-refractivity contribution in [3.05, 3.63) is 65.7 Å². The van der Waals surface area contributed by atoms with E-state index < -0.39 is 0 Å². The molecule has 0 spiro atoms. The maximum atomic E-state index is 13.6. The first kappa shape index (κ1) is 18.7. The van der Waals surface area contributed by atoms with E-state index >= 15 is 0 Å². The Hall–Kier alpha value is -2.61. The van der Waals surface area contributed by atoms with E-state index in [1.165, 1.54) is 12.1 Å². The summed E-state index contributed by atoms with van der Waals surface area (Å²) < 4.78 is 30.6. The molecule has 1 aliphatic rings. The Balaban J connectivity index is 1.50. The van der Waals surface area contributed by atoms with Crippen LogP contribution in [0.2, 0.25) is 0 Å². The van der Waals surface area contributed by atoms with E-state index in [-0.39, 0.29) is 11.9 Å². The van der Waals surface area contributed by atoms with Crippen molar-refractivity contribution in [3.8, 4) is 5.88 Å². The Bertz CT molecular complexity index is 917. The highest BCUT2D eigenvalue weighted by Crippen LogP contribution is 2.24. The van der Waals surface area contributed by atoms with E-state index in [2.05, 4.69) is 15.3 Å². The number of nitrogens with one attached hydrogen (secondary N) is 1. The van der Waals surface area contributed by atoms with Gasteiger partial charge >= 0.3 is 0 Å². The lowest BCUT2D eigenvalue weighted by molar-refractivity contribution is -0.0864. The van der Waals surface area contributed by atoms with Gasteiger partial charge in [0.05, 0.1) is 31.4 Å². The van der Waals surface area contributed by atoms with E-state index in [1.54, 1.807) is 18.5 Å². The van der Waals surface area contributed by atoms with Crippen LogP contribution in [-0.2, 0) is 22.6 Å². The summed E-state index contributed by atoms with van der Waals surface area (Å²) in [5.74, 6) is 0.161. The van der Waals surface area contributed by atoms with E-state index in [4.69, 9.17) is 14.2 Å². The van der Waals surface area contributed by atoms with Crippen molar-refractivity contribution in [2.45, 2.75) is 19.3 Å². The molecule has 1 atom stereocenters. The molecule has 1 unspecified atom stereocenters. The van der Waals surface area contributed by atoms with E-state index in [1.807, 2.05) is 18.2 Å². The van der Waals surface area contributed by atoms with Crippen molar-refractivity contribution in [1.29, 1.82) is 0 Å². The Kier molecular flexibility index (Phi) is 6.06. The number of ether oxygens (including phenoxy) is 3. The van der Waals surface area contributed by atoms with Crippen LogP contribution >= 0.6 is 0 Å². The van der Waals surface area contributed by atoms with Crippen LogP contribution in [-0.4, -0.2) is 42.4 Å². The SMILES string of the molecule is Fc1ccc2cc(CNCC3COCCO3)c(OCc3cccnc3)nc2c1. The van der Waals surface area contributed by atoms with Gasteiger partial charge in [-0.1, -0.05) is 6.07 Å². The second-order valence-corrected chi connectivity index (χ2v) is 6.64. The fourth-order valence-corrected chi connectivity index (χ4v) is 3.08. The van der Waals surface area contributed by atoms with Crippen LogP contribution in [0.3, 0.4) is 0 Å². The molecule has 0 saturated carbocycles. The summed E-state index contributed by atoms with van der Waals surface area (Å²) in [6, 6.07) is 10.3. The molecule has 0 amide bonds. The minimum atomic E-state index is -0.321. The molecule has 1 saturated heterocycles. The molecule has 3 heterocycles. The number of benzene rings is 1. The topological polar surface area (TPSA) is 65.5 Å². The quantitative estimate of drug-likeness (QED) is 0.677. The monoisotopic (exact) mass is 383 g/mol. The van der Waals surface area contributed by atoms with Crippen molar-refractivity contribution in [3.63, 3.8) is 0 Å². The second kappa shape index (κ2) is 9.05. The maximum absolute atomic E-state index is 13.6. The largest absolute Gasteiger partial charge is 0.472 e. The van der Waals surface area contributed by atoms with Gasteiger partial charge in [-0.25, -0.2) is 9.37 Å². The predicted molar refractivity (Wildman–Crippen MR) is 103 cm³/mol. The van der Waals surface area contributed by atoms with Crippen LogP contribution in [0.5, 0.6) is 5.88 Å². The molecule has 4 rings (SSSR count). The first-order valence-corrected chi connectivity index (χ1v) is 9.29. The molecule has 1 aliphatic heterocycles. The second-order valence-electron chi connectivity index (χ2n) is 6.64. The normalized spacial score (nSPS) is 17.0. The summed E-state index contributed by atoms with van der Waals surface area (Å²) in [6.07, 6.45) is 3.50. The fraction of sp³-hybridized carbons (Fsp3) is 0.333. The van der Waals surface area contributed by atoms with E-state index in [0.717, 1.165) is 16.5 Å². The number of rotatable bonds is 7. The molecule has 2 aromatic heterocycles. The van der Waals surface area contributed by atoms with Gasteiger partial charge in [0.25, 0.3) is 0 Å². The van der Waals surface area contributed by atoms with Crippen molar-refractivity contribution >= 4 is 10.9 Å². The highest BCUT2D eigenvalue weighted by molar-refractivity contribution is 5.80. The van der Waals surface area contributed by atoms with E-state index in [9.17, 15) is 4.39 Å². The smallest absolute Gasteiger partial charge is 0.218 e. The number of halogens is 1. The van der Waals surface area contributed by atoms with Gasteiger partial charge in [0.1, 0.15) is 12.4 Å². The fourth-order valence-electron chi connectivity index (χ4n) is 3.08. The average molecular weight is 383 g/mol. The maximum Gasteiger partial charge on any atom is 0.218 e. The zero-order valence-corrected chi connectivity index (χ0v) is 15.4. The van der Waals surface area contributed by atoms with Crippen molar-refractivity contribution in [2.75, 3.05) is 26.4 Å². The number of pyridine rings is 2. The molecular formula is C21H22FN3O3. The number of fused-ring (bicyclic) bond motifs is 1. The van der Waals surface area contributed by atoms with Gasteiger partial charge in [0.2, 0.25) is 5.88 Å². The van der Waals surface area contributed by atoms with Crippen LogP contribution in [0.1, 0.15) is 11.1 Å². The lowest BCUT2D eigenvalue weighted by atomic mass is 10.1. The third-order valence-electron chi connectivity index (χ3n) is 4.49. The third-order valence-corrected chi connectivity index (χ3v) is 4.49. The molecule has 28 heavy (non-hydrogen) atoms. The van der Waals surface area contributed by atoms with Gasteiger partial charge in [0.15, 0.2) is 0 Å². The van der Waals surface area contributed by atoms with Gasteiger partial charge < -0.3 is 19.5 Å². The standard InChI is InChI=1S/C21H22FN3O3/c22-18-4-3-16-8-17(11-24-12-19-14-26-6-7-27-19)21(25-20(16)9-18)28-13-15-2-1-5-23-10-15/h1-5,8-10,19,24H,6-7,11-14H2. The lowest BCUT2D eigenvalue weighted by Gasteiger charge is -2.23. The molecular weight excluding hydrogens is 361 g/mol. The van der Waals surface area contributed by atoms with Gasteiger partial charge in [-0.15, -0.1) is 0 Å². The predicted octanol–water partition coefficient (Wildman–Crippen LogP) is 2.85. The summed E-state index contributed by atoms with van der Waals surface area (Å²) in [5, 5.41) is 4.24. The van der Waals surface area contributed by atoms with Crippen LogP contribution in [0.15, 0.2) is 48.8 Å². The first-order chi connectivity index (χ1) is 13.8. The molecule has 0 radical (unpaired) electrons. The molecule has 0 bridgehead atoms. The molecule has 1 aromatic carbocycles. The van der Waals surface area contributed by atoms with Crippen molar-refractivity contribution in [2.24, 2.45) is 0 Å². The van der Waals surface area contributed by atoms with Crippen LogP contribution in [0.25, 0.3) is 10.9 Å². The van der Waals surface area contributed by atoms with Crippen LogP contribution in [0.4, 0.5) is 4.39 Å². The Labute approximate surface area is 162 Å². The minimum Gasteiger partial charge on any atom is -0.472 e. The summed E-state index contributed by atoms with van der Waals surface area (Å²) in [5.41, 5.74) is 2.41. The minimum absolute atomic E-state index is 0.0380. The first-order valence-electron chi connectivity index (χ1n) is 9.29. The highest BCUT2D eigenvalue weighted by Gasteiger charge is 2.15. The summed E-state index contributed by atoms with van der Waals surface area (Å²) in [7, 11) is 0. The summed E-state index contributed by atoms with van der Waals surface area (Å²) in [6.45, 7) is 3.43. The lowest BCUT2D eigenvalue weighted by Crippen LogP contribution is -2.37. The molecule has 1 fully saturated rings. The van der Waals surface area contributed by atoms with E-state index in [0.29, 0.717) is 50.9 Å². The molecule has 3 aromatic rings. The summed E-state index contributed by atoms with van der Waals surface area (Å²) >= 11 is 0. The zero-order chi connectivity index (χ0) is 19.2. The van der Waals surface area contributed by atoms with Crippen LogP contribution in [0, 0.1) is 5.82 Å². The number of nitrogens with zero attached hydrogens (tertiary/aromatic N) is 2. The molecule has 1 N–H and O–H groups in total. The average Bonchev–Trinajstić information content (AvgIpc) is 2.74. The van der Waals surface area contributed by atoms with Crippen molar-refractivity contribution in [1.82, 2.24) is 15.3 Å². The molecule has 6 nitrogen and oxygen atoms in total. The zero-order valence-electron chi connectivity index (χ0n) is 15.4. The van der Waals surface area contributed by atoms with Gasteiger partial charge in [0, 0.05) is 48.1 Å². The number of aromatic nitrogens is 2. The van der Waals surface area contributed by atoms with Gasteiger partial charge in [-0.05, 0) is 24.3 Å². The Morgan fingerprint density at radius 3 is 3.00 bits per heavy atom. The molecule has 7 heteroatoms. The summed E-state index contributed by atoms with van der Waals surface area (Å²) in [4.78, 5) is 8.63. The Morgan fingerprint density at radius 2 is 2.18 bits per heavy atom. The number of hydrogen-bond acceptors (Lipinski definition) is 6.